The van der Waals surface area contributed by atoms with Crippen molar-refractivity contribution in [1.82, 2.24) is 0 Å². The molecule has 0 aliphatic heterocycles. The SMILES string of the molecule is Nc1cc([N+](=O)[O-])ccc1Oc1ccc(CO)cc1. The molecule has 2 rings (SSSR count). The Bertz CT molecular complexity index is 596. The summed E-state index contributed by atoms with van der Waals surface area (Å²) in [6.07, 6.45) is 0. The monoisotopic (exact) mass is 260 g/mol. The van der Waals surface area contributed by atoms with Gasteiger partial charge in [0.25, 0.3) is 5.69 Å². The van der Waals surface area contributed by atoms with E-state index in [-0.39, 0.29) is 18.0 Å². The lowest BCUT2D eigenvalue weighted by atomic mass is 10.2. The van der Waals surface area contributed by atoms with E-state index in [1.807, 2.05) is 0 Å². The summed E-state index contributed by atoms with van der Waals surface area (Å²) in [6.45, 7) is -0.0417. The van der Waals surface area contributed by atoms with Crippen LogP contribution in [0.3, 0.4) is 0 Å². The minimum atomic E-state index is -0.518. The van der Waals surface area contributed by atoms with Gasteiger partial charge in [0.1, 0.15) is 5.75 Å². The number of nitrogen functional groups attached to an aromatic ring is 1. The summed E-state index contributed by atoms with van der Waals surface area (Å²) >= 11 is 0. The highest BCUT2D eigenvalue weighted by Crippen LogP contribution is 2.30. The second-order valence-electron chi connectivity index (χ2n) is 3.88. The Morgan fingerprint density at radius 2 is 1.89 bits per heavy atom. The van der Waals surface area contributed by atoms with Crippen LogP contribution in [0.5, 0.6) is 11.5 Å². The third kappa shape index (κ3) is 2.99. The molecule has 0 amide bonds. The molecule has 6 heteroatoms. The largest absolute Gasteiger partial charge is 0.455 e. The van der Waals surface area contributed by atoms with Crippen LogP contribution < -0.4 is 10.5 Å². The van der Waals surface area contributed by atoms with E-state index in [1.165, 1.54) is 18.2 Å². The minimum absolute atomic E-state index is 0.0417. The maximum absolute atomic E-state index is 10.6. The highest BCUT2D eigenvalue weighted by Gasteiger charge is 2.10. The van der Waals surface area contributed by atoms with Gasteiger partial charge in [-0.1, -0.05) is 12.1 Å². The first-order valence-corrected chi connectivity index (χ1v) is 5.51. The molecule has 0 atom stereocenters. The van der Waals surface area contributed by atoms with E-state index in [1.54, 1.807) is 24.3 Å². The fraction of sp³-hybridized carbons (Fsp3) is 0.0769. The Morgan fingerprint density at radius 1 is 1.21 bits per heavy atom. The van der Waals surface area contributed by atoms with Crippen molar-refractivity contribution >= 4 is 11.4 Å². The molecule has 19 heavy (non-hydrogen) atoms. The zero-order chi connectivity index (χ0) is 13.8. The predicted molar refractivity (Wildman–Crippen MR) is 69.9 cm³/mol. The number of nitro benzene ring substituents is 1. The van der Waals surface area contributed by atoms with Gasteiger partial charge in [-0.2, -0.15) is 0 Å². The van der Waals surface area contributed by atoms with Crippen molar-refractivity contribution in [3.05, 3.63) is 58.1 Å². The van der Waals surface area contributed by atoms with Crippen molar-refractivity contribution in [3.8, 4) is 11.5 Å². The molecule has 6 nitrogen and oxygen atoms in total. The molecule has 0 unspecified atom stereocenters. The number of non-ortho nitro benzene ring substituents is 1. The molecular formula is C13H12N2O4. The average molecular weight is 260 g/mol. The zero-order valence-corrected chi connectivity index (χ0v) is 9.95. The van der Waals surface area contributed by atoms with Gasteiger partial charge in [-0.05, 0) is 23.8 Å². The molecule has 0 spiro atoms. The molecule has 0 saturated carbocycles. The Morgan fingerprint density at radius 3 is 2.42 bits per heavy atom. The summed E-state index contributed by atoms with van der Waals surface area (Å²) in [5.41, 5.74) is 6.57. The van der Waals surface area contributed by atoms with Crippen molar-refractivity contribution < 1.29 is 14.8 Å². The normalized spacial score (nSPS) is 10.2. The molecule has 0 saturated heterocycles. The van der Waals surface area contributed by atoms with Crippen molar-refractivity contribution in [2.75, 3.05) is 5.73 Å². The van der Waals surface area contributed by atoms with E-state index < -0.39 is 4.92 Å². The fourth-order valence-electron chi connectivity index (χ4n) is 1.53. The van der Waals surface area contributed by atoms with Crippen LogP contribution in [-0.2, 0) is 6.61 Å². The van der Waals surface area contributed by atoms with Gasteiger partial charge in [0.2, 0.25) is 0 Å². The molecule has 0 radical (unpaired) electrons. The number of hydrogen-bond acceptors (Lipinski definition) is 5. The Labute approximate surface area is 109 Å². The number of ether oxygens (including phenoxy) is 1. The van der Waals surface area contributed by atoms with Crippen LogP contribution in [0.15, 0.2) is 42.5 Å². The summed E-state index contributed by atoms with van der Waals surface area (Å²) < 4.78 is 5.51. The van der Waals surface area contributed by atoms with Crippen LogP contribution in [0.4, 0.5) is 11.4 Å². The van der Waals surface area contributed by atoms with Crippen molar-refractivity contribution in [2.24, 2.45) is 0 Å². The van der Waals surface area contributed by atoms with Crippen LogP contribution in [0.1, 0.15) is 5.56 Å². The first-order valence-electron chi connectivity index (χ1n) is 5.51. The smallest absolute Gasteiger partial charge is 0.271 e. The van der Waals surface area contributed by atoms with Gasteiger partial charge >= 0.3 is 0 Å². The topological polar surface area (TPSA) is 98.6 Å². The summed E-state index contributed by atoms with van der Waals surface area (Å²) in [6, 6.07) is 10.8. The van der Waals surface area contributed by atoms with Gasteiger partial charge in [0, 0.05) is 12.1 Å². The molecule has 2 aromatic carbocycles. The number of nitro groups is 1. The molecule has 0 bridgehead atoms. The lowest BCUT2D eigenvalue weighted by Crippen LogP contribution is -1.95. The molecule has 0 aromatic heterocycles. The molecule has 0 aliphatic rings. The zero-order valence-electron chi connectivity index (χ0n) is 9.95. The number of benzene rings is 2. The van der Waals surface area contributed by atoms with Crippen LogP contribution >= 0.6 is 0 Å². The number of aliphatic hydroxyl groups excluding tert-OH is 1. The molecule has 98 valence electrons. The number of nitrogens with two attached hydrogens (primary N) is 1. The molecule has 3 N–H and O–H groups in total. The van der Waals surface area contributed by atoms with Crippen LogP contribution in [0, 0.1) is 10.1 Å². The Hall–Kier alpha value is -2.60. The van der Waals surface area contributed by atoms with E-state index in [2.05, 4.69) is 0 Å². The molecule has 0 aliphatic carbocycles. The van der Waals surface area contributed by atoms with Gasteiger partial charge in [-0.25, -0.2) is 0 Å². The van der Waals surface area contributed by atoms with E-state index in [4.69, 9.17) is 15.6 Å². The van der Waals surface area contributed by atoms with Gasteiger partial charge in [-0.15, -0.1) is 0 Å². The fourth-order valence-corrected chi connectivity index (χ4v) is 1.53. The average Bonchev–Trinajstić information content (AvgIpc) is 2.41. The number of hydrogen-bond donors (Lipinski definition) is 2. The standard InChI is InChI=1S/C13H12N2O4/c14-12-7-10(15(17)18)3-6-13(12)19-11-4-1-9(8-16)2-5-11/h1-7,16H,8,14H2. The van der Waals surface area contributed by atoms with E-state index in [0.717, 1.165) is 5.56 Å². The van der Waals surface area contributed by atoms with E-state index in [9.17, 15) is 10.1 Å². The van der Waals surface area contributed by atoms with Gasteiger partial charge < -0.3 is 15.6 Å². The lowest BCUT2D eigenvalue weighted by Gasteiger charge is -2.08. The Balaban J connectivity index is 2.20. The maximum atomic E-state index is 10.6. The second-order valence-corrected chi connectivity index (χ2v) is 3.88. The van der Waals surface area contributed by atoms with Gasteiger partial charge in [-0.3, -0.25) is 10.1 Å². The molecule has 0 heterocycles. The van der Waals surface area contributed by atoms with E-state index >= 15 is 0 Å². The quantitative estimate of drug-likeness (QED) is 0.499. The van der Waals surface area contributed by atoms with Crippen molar-refractivity contribution in [1.29, 1.82) is 0 Å². The predicted octanol–water partition coefficient (Wildman–Crippen LogP) is 2.46. The number of aliphatic hydroxyl groups is 1. The third-order valence-corrected chi connectivity index (χ3v) is 2.54. The van der Waals surface area contributed by atoms with Gasteiger partial charge in [0.05, 0.1) is 17.2 Å². The number of anilines is 1. The summed E-state index contributed by atoms with van der Waals surface area (Å²) in [5.74, 6) is 0.889. The van der Waals surface area contributed by atoms with E-state index in [0.29, 0.717) is 11.5 Å². The molecule has 2 aromatic rings. The van der Waals surface area contributed by atoms with Crippen molar-refractivity contribution in [2.45, 2.75) is 6.61 Å². The number of rotatable bonds is 4. The summed E-state index contributed by atoms with van der Waals surface area (Å²) in [4.78, 5) is 10.1. The molecular weight excluding hydrogens is 248 g/mol. The second kappa shape index (κ2) is 5.36. The third-order valence-electron chi connectivity index (χ3n) is 2.54. The summed E-state index contributed by atoms with van der Waals surface area (Å²) in [5, 5.41) is 19.5. The Kier molecular flexibility index (Phi) is 3.63. The molecule has 0 fully saturated rings. The van der Waals surface area contributed by atoms with Crippen molar-refractivity contribution in [3.63, 3.8) is 0 Å². The summed E-state index contributed by atoms with van der Waals surface area (Å²) in [7, 11) is 0. The lowest BCUT2D eigenvalue weighted by molar-refractivity contribution is -0.384. The van der Waals surface area contributed by atoms with Gasteiger partial charge in [0.15, 0.2) is 5.75 Å². The van der Waals surface area contributed by atoms with Crippen LogP contribution in [0.2, 0.25) is 0 Å². The first kappa shape index (κ1) is 12.8. The highest BCUT2D eigenvalue weighted by molar-refractivity contribution is 5.59. The minimum Gasteiger partial charge on any atom is -0.455 e. The first-order chi connectivity index (χ1) is 9.10. The number of nitrogens with zero attached hydrogens (tertiary/aromatic N) is 1. The highest BCUT2D eigenvalue weighted by atomic mass is 16.6. The van der Waals surface area contributed by atoms with Crippen LogP contribution in [0.25, 0.3) is 0 Å². The van der Waals surface area contributed by atoms with Crippen LogP contribution in [-0.4, -0.2) is 10.0 Å². The maximum Gasteiger partial charge on any atom is 0.271 e.